The van der Waals surface area contributed by atoms with Crippen molar-refractivity contribution in [3.8, 4) is 5.75 Å². The van der Waals surface area contributed by atoms with E-state index in [4.69, 9.17) is 0 Å². The quantitative estimate of drug-likeness (QED) is 0.791. The fraction of sp³-hybridized carbons (Fsp3) is 0.625. The molecule has 2 rings (SSSR count). The summed E-state index contributed by atoms with van der Waals surface area (Å²) in [5, 5.41) is 13.5. The van der Waals surface area contributed by atoms with Crippen LogP contribution in [0.1, 0.15) is 57.6 Å². The summed E-state index contributed by atoms with van der Waals surface area (Å²) >= 11 is 0. The Morgan fingerprint density at radius 3 is 2.72 bits per heavy atom. The van der Waals surface area contributed by atoms with Crippen LogP contribution in [0, 0.1) is 5.92 Å². The molecule has 0 aromatic heterocycles. The van der Waals surface area contributed by atoms with Crippen LogP contribution >= 0.6 is 0 Å². The third kappa shape index (κ3) is 3.49. The molecule has 18 heavy (non-hydrogen) atoms. The van der Waals surface area contributed by atoms with Crippen molar-refractivity contribution in [1.82, 2.24) is 5.32 Å². The molecule has 0 bridgehead atoms. The molecule has 1 aliphatic carbocycles. The first-order valence-corrected chi connectivity index (χ1v) is 7.20. The minimum absolute atomic E-state index is 0.226. The molecule has 2 N–H and O–H groups in total. The van der Waals surface area contributed by atoms with E-state index in [0.29, 0.717) is 11.8 Å². The Hall–Kier alpha value is -1.02. The average molecular weight is 247 g/mol. The Morgan fingerprint density at radius 2 is 1.94 bits per heavy atom. The summed E-state index contributed by atoms with van der Waals surface area (Å²) in [6.07, 6.45) is 6.54. The van der Waals surface area contributed by atoms with Crippen LogP contribution in [0.2, 0.25) is 0 Å². The number of hydrogen-bond acceptors (Lipinski definition) is 2. The van der Waals surface area contributed by atoms with Gasteiger partial charge in [-0.25, -0.2) is 0 Å². The number of phenols is 1. The number of para-hydroxylation sites is 1. The molecule has 0 amide bonds. The highest BCUT2D eigenvalue weighted by atomic mass is 16.3. The molecule has 0 spiro atoms. The van der Waals surface area contributed by atoms with E-state index in [2.05, 4.69) is 19.2 Å². The number of rotatable bonds is 3. The molecule has 0 radical (unpaired) electrons. The van der Waals surface area contributed by atoms with E-state index in [1.807, 2.05) is 18.2 Å². The van der Waals surface area contributed by atoms with Gasteiger partial charge < -0.3 is 10.4 Å². The Bertz CT molecular complexity index is 377. The molecule has 1 aliphatic rings. The standard InChI is InChI=1S/C16H25NO/c1-12-6-5-7-14(11-10-12)17-13(2)15-8-3-4-9-16(15)18/h3-4,8-9,12-14,17-18H,5-7,10-11H2,1-2H3. The van der Waals surface area contributed by atoms with E-state index in [0.717, 1.165) is 11.5 Å². The van der Waals surface area contributed by atoms with Crippen LogP contribution in [0.5, 0.6) is 5.75 Å². The second-order valence-corrected chi connectivity index (χ2v) is 5.76. The Morgan fingerprint density at radius 1 is 1.17 bits per heavy atom. The molecule has 1 aromatic rings. The van der Waals surface area contributed by atoms with Crippen LogP contribution in [0.15, 0.2) is 24.3 Å². The lowest BCUT2D eigenvalue weighted by Crippen LogP contribution is -2.31. The zero-order chi connectivity index (χ0) is 13.0. The second kappa shape index (κ2) is 6.24. The van der Waals surface area contributed by atoms with E-state index in [1.54, 1.807) is 6.07 Å². The largest absolute Gasteiger partial charge is 0.508 e. The van der Waals surface area contributed by atoms with E-state index >= 15 is 0 Å². The Kier molecular flexibility index (Phi) is 4.65. The lowest BCUT2D eigenvalue weighted by Gasteiger charge is -2.23. The van der Waals surface area contributed by atoms with Gasteiger partial charge in [-0.15, -0.1) is 0 Å². The number of hydrogen-bond donors (Lipinski definition) is 2. The Labute approximate surface area is 110 Å². The maximum absolute atomic E-state index is 9.87. The molecule has 1 saturated carbocycles. The van der Waals surface area contributed by atoms with Crippen molar-refractivity contribution >= 4 is 0 Å². The summed E-state index contributed by atoms with van der Waals surface area (Å²) in [5.41, 5.74) is 1.01. The summed E-state index contributed by atoms with van der Waals surface area (Å²) in [6.45, 7) is 4.50. The zero-order valence-corrected chi connectivity index (χ0v) is 11.5. The van der Waals surface area contributed by atoms with Crippen molar-refractivity contribution in [1.29, 1.82) is 0 Å². The lowest BCUT2D eigenvalue weighted by atomic mass is 10.0. The molecular weight excluding hydrogens is 222 g/mol. The molecule has 0 saturated heterocycles. The van der Waals surface area contributed by atoms with Crippen LogP contribution < -0.4 is 5.32 Å². The predicted molar refractivity (Wildman–Crippen MR) is 75.7 cm³/mol. The topological polar surface area (TPSA) is 32.3 Å². The van der Waals surface area contributed by atoms with E-state index in [1.165, 1.54) is 32.1 Å². The van der Waals surface area contributed by atoms with Gasteiger partial charge in [-0.1, -0.05) is 38.0 Å². The number of phenolic OH excluding ortho intramolecular Hbond substituents is 1. The van der Waals surface area contributed by atoms with Crippen molar-refractivity contribution in [3.05, 3.63) is 29.8 Å². The molecule has 1 fully saturated rings. The summed E-state index contributed by atoms with van der Waals surface area (Å²) in [4.78, 5) is 0. The van der Waals surface area contributed by atoms with Gasteiger partial charge in [-0.05, 0) is 38.2 Å². The molecule has 3 atom stereocenters. The third-order valence-corrected chi connectivity index (χ3v) is 4.15. The molecule has 1 aromatic carbocycles. The van der Waals surface area contributed by atoms with Gasteiger partial charge in [0, 0.05) is 17.6 Å². The minimum atomic E-state index is 0.226. The first kappa shape index (κ1) is 13.4. The third-order valence-electron chi connectivity index (χ3n) is 4.15. The van der Waals surface area contributed by atoms with Crippen molar-refractivity contribution in [2.45, 2.75) is 58.0 Å². The molecule has 0 heterocycles. The highest BCUT2D eigenvalue weighted by molar-refractivity contribution is 5.34. The summed E-state index contributed by atoms with van der Waals surface area (Å²) < 4.78 is 0. The van der Waals surface area contributed by atoms with Crippen LogP contribution in [-0.2, 0) is 0 Å². The molecule has 2 nitrogen and oxygen atoms in total. The molecule has 100 valence electrons. The van der Waals surface area contributed by atoms with Crippen LogP contribution in [-0.4, -0.2) is 11.1 Å². The first-order valence-electron chi connectivity index (χ1n) is 7.20. The normalized spacial score (nSPS) is 26.6. The number of aromatic hydroxyl groups is 1. The average Bonchev–Trinajstić information content (AvgIpc) is 2.55. The first-order chi connectivity index (χ1) is 8.66. The highest BCUT2D eigenvalue weighted by Crippen LogP contribution is 2.27. The Balaban J connectivity index is 1.94. The smallest absolute Gasteiger partial charge is 0.120 e. The van der Waals surface area contributed by atoms with Gasteiger partial charge in [0.2, 0.25) is 0 Å². The van der Waals surface area contributed by atoms with Gasteiger partial charge in [0.15, 0.2) is 0 Å². The highest BCUT2D eigenvalue weighted by Gasteiger charge is 2.19. The van der Waals surface area contributed by atoms with Gasteiger partial charge in [-0.3, -0.25) is 0 Å². The van der Waals surface area contributed by atoms with Gasteiger partial charge in [0.25, 0.3) is 0 Å². The van der Waals surface area contributed by atoms with Crippen molar-refractivity contribution in [2.24, 2.45) is 5.92 Å². The molecule has 2 heteroatoms. The number of benzene rings is 1. The zero-order valence-electron chi connectivity index (χ0n) is 11.5. The van der Waals surface area contributed by atoms with Crippen molar-refractivity contribution in [3.63, 3.8) is 0 Å². The maximum atomic E-state index is 9.87. The van der Waals surface area contributed by atoms with Crippen molar-refractivity contribution in [2.75, 3.05) is 0 Å². The fourth-order valence-electron chi connectivity index (χ4n) is 2.95. The van der Waals surface area contributed by atoms with Crippen LogP contribution in [0.4, 0.5) is 0 Å². The molecule has 0 aliphatic heterocycles. The van der Waals surface area contributed by atoms with Crippen LogP contribution in [0.3, 0.4) is 0 Å². The van der Waals surface area contributed by atoms with E-state index in [-0.39, 0.29) is 6.04 Å². The summed E-state index contributed by atoms with van der Waals surface area (Å²) in [6, 6.07) is 8.46. The fourth-order valence-corrected chi connectivity index (χ4v) is 2.95. The van der Waals surface area contributed by atoms with Crippen LogP contribution in [0.25, 0.3) is 0 Å². The number of nitrogens with one attached hydrogen (secondary N) is 1. The summed E-state index contributed by atoms with van der Waals surface area (Å²) in [7, 11) is 0. The molecule has 3 unspecified atom stereocenters. The van der Waals surface area contributed by atoms with E-state index in [9.17, 15) is 5.11 Å². The maximum Gasteiger partial charge on any atom is 0.120 e. The molecular formula is C16H25NO. The lowest BCUT2D eigenvalue weighted by molar-refractivity contribution is 0.394. The van der Waals surface area contributed by atoms with E-state index < -0.39 is 0 Å². The minimum Gasteiger partial charge on any atom is -0.508 e. The monoisotopic (exact) mass is 247 g/mol. The van der Waals surface area contributed by atoms with Crippen molar-refractivity contribution < 1.29 is 5.11 Å². The van der Waals surface area contributed by atoms with Gasteiger partial charge >= 0.3 is 0 Å². The second-order valence-electron chi connectivity index (χ2n) is 5.76. The van der Waals surface area contributed by atoms with Gasteiger partial charge in [-0.2, -0.15) is 0 Å². The SMILES string of the molecule is CC1CCCC(NC(C)c2ccccc2O)CC1. The summed E-state index contributed by atoms with van der Waals surface area (Å²) in [5.74, 6) is 1.27. The van der Waals surface area contributed by atoms with Gasteiger partial charge in [0.05, 0.1) is 0 Å². The van der Waals surface area contributed by atoms with Gasteiger partial charge in [0.1, 0.15) is 5.75 Å². The predicted octanol–water partition coefficient (Wildman–Crippen LogP) is 4.01.